The predicted molar refractivity (Wildman–Crippen MR) is 97.4 cm³/mol. The number of nitrogens with one attached hydrogen (secondary N) is 2. The molecular formula is C19H21FN4O4. The van der Waals surface area contributed by atoms with Crippen LogP contribution in [0.25, 0.3) is 0 Å². The molecule has 4 rings (SSSR count). The molecule has 9 heteroatoms. The summed E-state index contributed by atoms with van der Waals surface area (Å²) in [5, 5.41) is 5.40. The Balaban J connectivity index is 1.65. The Hall–Kier alpha value is -2.81. The Morgan fingerprint density at radius 2 is 1.68 bits per heavy atom. The van der Waals surface area contributed by atoms with Crippen molar-refractivity contribution in [2.24, 2.45) is 0 Å². The second-order valence-corrected chi connectivity index (χ2v) is 7.39. The van der Waals surface area contributed by atoms with Gasteiger partial charge in [-0.1, -0.05) is 0 Å². The minimum atomic E-state index is -1.06. The van der Waals surface area contributed by atoms with Gasteiger partial charge in [0.2, 0.25) is 11.8 Å². The quantitative estimate of drug-likeness (QED) is 0.728. The smallest absolute Gasteiger partial charge is 0.262 e. The van der Waals surface area contributed by atoms with Gasteiger partial charge < -0.3 is 10.2 Å². The number of nitrogens with zero attached hydrogens (tertiary/aromatic N) is 2. The van der Waals surface area contributed by atoms with E-state index in [1.54, 1.807) is 7.05 Å². The molecule has 0 aromatic heterocycles. The Morgan fingerprint density at radius 1 is 1.04 bits per heavy atom. The zero-order valence-electron chi connectivity index (χ0n) is 15.5. The maximum atomic E-state index is 14.8. The third-order valence-corrected chi connectivity index (χ3v) is 5.74. The first-order chi connectivity index (χ1) is 13.4. The molecule has 1 aromatic rings. The lowest BCUT2D eigenvalue weighted by Crippen LogP contribution is -2.54. The van der Waals surface area contributed by atoms with E-state index in [1.807, 2.05) is 4.90 Å². The summed E-state index contributed by atoms with van der Waals surface area (Å²) >= 11 is 0. The number of carbonyl (C=O) groups excluding carboxylic acids is 4. The van der Waals surface area contributed by atoms with Gasteiger partial charge in [-0.25, -0.2) is 4.39 Å². The maximum absolute atomic E-state index is 14.8. The van der Waals surface area contributed by atoms with E-state index >= 15 is 0 Å². The van der Waals surface area contributed by atoms with Crippen LogP contribution in [0, 0.1) is 5.82 Å². The van der Waals surface area contributed by atoms with Gasteiger partial charge in [0, 0.05) is 19.5 Å². The highest BCUT2D eigenvalue weighted by Crippen LogP contribution is 2.33. The zero-order valence-corrected chi connectivity index (χ0v) is 15.5. The third-order valence-electron chi connectivity index (χ3n) is 5.74. The van der Waals surface area contributed by atoms with Gasteiger partial charge in [0.15, 0.2) is 0 Å². The number of amides is 4. The van der Waals surface area contributed by atoms with E-state index in [0.29, 0.717) is 0 Å². The van der Waals surface area contributed by atoms with Crippen molar-refractivity contribution in [3.8, 4) is 0 Å². The van der Waals surface area contributed by atoms with Gasteiger partial charge in [0.05, 0.1) is 16.8 Å². The minimum Gasteiger partial charge on any atom is -0.369 e. The van der Waals surface area contributed by atoms with Crippen molar-refractivity contribution in [1.82, 2.24) is 15.5 Å². The molecule has 1 aromatic carbocycles. The summed E-state index contributed by atoms with van der Waals surface area (Å²) in [5.41, 5.74) is 0.304. The highest BCUT2D eigenvalue weighted by molar-refractivity contribution is 6.23. The molecule has 28 heavy (non-hydrogen) atoms. The van der Waals surface area contributed by atoms with Crippen molar-refractivity contribution in [3.63, 3.8) is 0 Å². The van der Waals surface area contributed by atoms with Crippen molar-refractivity contribution < 1.29 is 23.6 Å². The van der Waals surface area contributed by atoms with Crippen LogP contribution in [-0.2, 0) is 9.59 Å². The molecule has 3 heterocycles. The van der Waals surface area contributed by atoms with E-state index in [2.05, 4.69) is 10.6 Å². The molecule has 8 nitrogen and oxygen atoms in total. The molecular weight excluding hydrogens is 367 g/mol. The Morgan fingerprint density at radius 3 is 2.32 bits per heavy atom. The maximum Gasteiger partial charge on any atom is 0.262 e. The summed E-state index contributed by atoms with van der Waals surface area (Å²) in [6.07, 6.45) is 1.81. The van der Waals surface area contributed by atoms with Crippen LogP contribution in [0.5, 0.6) is 0 Å². The molecule has 0 bridgehead atoms. The largest absolute Gasteiger partial charge is 0.369 e. The topological polar surface area (TPSA) is 98.8 Å². The fraction of sp³-hybridized carbons (Fsp3) is 0.474. The van der Waals surface area contributed by atoms with Gasteiger partial charge >= 0.3 is 0 Å². The normalized spacial score (nSPS) is 23.1. The molecule has 2 saturated heterocycles. The monoisotopic (exact) mass is 388 g/mol. The third kappa shape index (κ3) is 2.95. The summed E-state index contributed by atoms with van der Waals surface area (Å²) < 4.78 is 14.8. The lowest BCUT2D eigenvalue weighted by molar-refractivity contribution is -0.136. The average molecular weight is 388 g/mol. The van der Waals surface area contributed by atoms with Gasteiger partial charge in [-0.15, -0.1) is 0 Å². The lowest BCUT2D eigenvalue weighted by Gasteiger charge is -2.33. The average Bonchev–Trinajstić information content (AvgIpc) is 2.91. The van der Waals surface area contributed by atoms with E-state index in [4.69, 9.17) is 0 Å². The number of anilines is 1. The summed E-state index contributed by atoms with van der Waals surface area (Å²) in [4.78, 5) is 51.7. The Labute approximate surface area is 161 Å². The first kappa shape index (κ1) is 18.5. The van der Waals surface area contributed by atoms with Crippen molar-refractivity contribution in [3.05, 3.63) is 29.1 Å². The van der Waals surface area contributed by atoms with Gasteiger partial charge in [0.1, 0.15) is 11.9 Å². The van der Waals surface area contributed by atoms with E-state index in [-0.39, 0.29) is 35.7 Å². The van der Waals surface area contributed by atoms with Crippen LogP contribution in [0.2, 0.25) is 0 Å². The number of fused-ring (bicyclic) bond motifs is 1. The van der Waals surface area contributed by atoms with Crippen molar-refractivity contribution >= 4 is 29.3 Å². The van der Waals surface area contributed by atoms with Crippen LogP contribution >= 0.6 is 0 Å². The second kappa shape index (κ2) is 6.97. The fourth-order valence-electron chi connectivity index (χ4n) is 4.14. The lowest BCUT2D eigenvalue weighted by atomic mass is 10.0. The summed E-state index contributed by atoms with van der Waals surface area (Å²) in [6.45, 7) is 1.67. The SMILES string of the molecule is CN(c1cc2c(cc1F)C(=O)N(C1CCC(=O)NC1=O)C2=O)C1CCNCC1. The summed E-state index contributed by atoms with van der Waals surface area (Å²) in [6, 6.07) is 1.55. The van der Waals surface area contributed by atoms with Crippen LogP contribution in [0.1, 0.15) is 46.4 Å². The number of benzene rings is 1. The molecule has 2 fully saturated rings. The van der Waals surface area contributed by atoms with Gasteiger partial charge in [-0.05, 0) is 44.5 Å². The molecule has 148 valence electrons. The van der Waals surface area contributed by atoms with Crippen LogP contribution in [-0.4, -0.2) is 60.7 Å². The molecule has 0 radical (unpaired) electrons. The number of imide groups is 2. The molecule has 3 aliphatic rings. The van der Waals surface area contributed by atoms with Crippen LogP contribution in [0.3, 0.4) is 0 Å². The van der Waals surface area contributed by atoms with Crippen molar-refractivity contribution in [2.45, 2.75) is 37.8 Å². The van der Waals surface area contributed by atoms with E-state index in [1.165, 1.54) is 6.07 Å². The summed E-state index contributed by atoms with van der Waals surface area (Å²) in [7, 11) is 1.78. The van der Waals surface area contributed by atoms with Crippen LogP contribution in [0.4, 0.5) is 10.1 Å². The molecule has 0 saturated carbocycles. The van der Waals surface area contributed by atoms with Gasteiger partial charge in [-0.3, -0.25) is 29.4 Å². The molecule has 0 spiro atoms. The van der Waals surface area contributed by atoms with E-state index < -0.39 is 35.5 Å². The van der Waals surface area contributed by atoms with Gasteiger partial charge in [-0.2, -0.15) is 0 Å². The molecule has 4 amide bonds. The predicted octanol–water partition coefficient (Wildman–Crippen LogP) is 0.415. The fourth-order valence-corrected chi connectivity index (χ4v) is 4.14. The standard InChI is InChI=1S/C19H21FN4O4/c1-23(10-4-6-21-7-5-10)15-9-12-11(8-13(15)20)18(27)24(19(12)28)14-2-3-16(25)22-17(14)26/h8-10,14,21H,2-7H2,1H3,(H,22,25,26). The number of halogens is 1. The number of hydrogen-bond donors (Lipinski definition) is 2. The van der Waals surface area contributed by atoms with Crippen molar-refractivity contribution in [2.75, 3.05) is 25.0 Å². The van der Waals surface area contributed by atoms with E-state index in [0.717, 1.165) is 36.9 Å². The van der Waals surface area contributed by atoms with Crippen LogP contribution in [0.15, 0.2) is 12.1 Å². The van der Waals surface area contributed by atoms with E-state index in [9.17, 15) is 23.6 Å². The number of piperidine rings is 2. The second-order valence-electron chi connectivity index (χ2n) is 7.39. The first-order valence-corrected chi connectivity index (χ1v) is 9.37. The zero-order chi connectivity index (χ0) is 20.0. The molecule has 0 aliphatic carbocycles. The molecule has 1 atom stereocenters. The molecule has 2 N–H and O–H groups in total. The highest BCUT2D eigenvalue weighted by Gasteiger charge is 2.45. The molecule has 1 unspecified atom stereocenters. The number of rotatable bonds is 3. The molecule has 3 aliphatic heterocycles. The van der Waals surface area contributed by atoms with Gasteiger partial charge in [0.25, 0.3) is 11.8 Å². The van der Waals surface area contributed by atoms with Crippen molar-refractivity contribution in [1.29, 1.82) is 0 Å². The highest BCUT2D eigenvalue weighted by atomic mass is 19.1. The number of hydrogen-bond acceptors (Lipinski definition) is 6. The Bertz CT molecular complexity index is 881. The van der Waals surface area contributed by atoms with Crippen LogP contribution < -0.4 is 15.5 Å². The Kier molecular flexibility index (Phi) is 4.62. The minimum absolute atomic E-state index is 0.0435. The first-order valence-electron chi connectivity index (χ1n) is 9.37. The summed E-state index contributed by atoms with van der Waals surface area (Å²) in [5.74, 6) is -3.03. The number of carbonyl (C=O) groups is 4.